The van der Waals surface area contributed by atoms with Gasteiger partial charge in [-0.2, -0.15) is 95.4 Å². The minimum atomic E-state index is -5.74. The van der Waals surface area contributed by atoms with E-state index in [2.05, 4.69) is 0 Å². The van der Waals surface area contributed by atoms with Crippen LogP contribution in [0.1, 0.15) is 47.2 Å². The third-order valence-electron chi connectivity index (χ3n) is 6.71. The predicted octanol–water partition coefficient (Wildman–Crippen LogP) is 9.19. The molecule has 260 valence electrons. The molecule has 1 nitrogen and oxygen atoms in total. The molecule has 0 aliphatic carbocycles. The van der Waals surface area contributed by atoms with Gasteiger partial charge in [0.05, 0.1) is 33.4 Å². The Bertz CT molecular complexity index is 1330. The first kappa shape index (κ1) is 37.9. The first-order valence-electron chi connectivity index (χ1n) is 12.6. The molecule has 3 aromatic rings. The van der Waals surface area contributed by atoms with Gasteiger partial charge in [-0.15, -0.1) is 0 Å². The summed E-state index contributed by atoms with van der Waals surface area (Å²) in [4.78, 5) is 0. The van der Waals surface area contributed by atoms with Crippen molar-refractivity contribution < 1.29 is 83.7 Å². The third kappa shape index (κ3) is 8.29. The van der Waals surface area contributed by atoms with Crippen LogP contribution in [-0.2, 0) is 41.7 Å². The SMILES string of the molecule is CC(C)O[B-](c1cc(C(F)(F)F)cc(C(F)(F)F)c1)(c1cc(C(F)(F)F)cc(C(F)(F)F)c1)c1cc(C(F)(F)F)cc(C(F)(F)F)c1. The van der Waals surface area contributed by atoms with E-state index in [1.54, 1.807) is 0 Å². The number of hydrogen-bond donors (Lipinski definition) is 0. The summed E-state index contributed by atoms with van der Waals surface area (Å²) in [5.74, 6) is 0. The van der Waals surface area contributed by atoms with Crippen molar-refractivity contribution in [3.8, 4) is 0 Å². The van der Waals surface area contributed by atoms with E-state index in [1.807, 2.05) is 0 Å². The third-order valence-corrected chi connectivity index (χ3v) is 6.71. The minimum absolute atomic E-state index is 0.265. The van der Waals surface area contributed by atoms with Crippen LogP contribution in [0.5, 0.6) is 0 Å². The highest BCUT2D eigenvalue weighted by Gasteiger charge is 2.45. The first-order valence-corrected chi connectivity index (χ1v) is 12.6. The highest BCUT2D eigenvalue weighted by Crippen LogP contribution is 2.39. The van der Waals surface area contributed by atoms with Crippen LogP contribution in [-0.4, -0.2) is 12.5 Å². The molecular formula is C27H16BF18O-. The molecule has 0 saturated heterocycles. The van der Waals surface area contributed by atoms with Crippen LogP contribution in [0.15, 0.2) is 54.6 Å². The van der Waals surface area contributed by atoms with Crippen LogP contribution in [0.25, 0.3) is 0 Å². The molecule has 0 fully saturated rings. The molecule has 0 aliphatic heterocycles. The molecule has 0 unspecified atom stereocenters. The molecule has 3 aromatic carbocycles. The van der Waals surface area contributed by atoms with E-state index in [0.29, 0.717) is 0 Å². The van der Waals surface area contributed by atoms with Gasteiger partial charge in [0.1, 0.15) is 0 Å². The highest BCUT2D eigenvalue weighted by molar-refractivity contribution is 7.07. The fraction of sp³-hybridized carbons (Fsp3) is 0.333. The quantitative estimate of drug-likeness (QED) is 0.190. The molecule has 0 atom stereocenters. The number of alkyl halides is 18. The zero-order valence-corrected chi connectivity index (χ0v) is 23.1. The lowest BCUT2D eigenvalue weighted by atomic mass is 9.27. The molecule has 3 rings (SSSR count). The monoisotopic (exact) mass is 709 g/mol. The second-order valence-corrected chi connectivity index (χ2v) is 10.5. The fourth-order valence-corrected chi connectivity index (χ4v) is 4.86. The molecular weight excluding hydrogens is 693 g/mol. The van der Waals surface area contributed by atoms with Gasteiger partial charge in [0.25, 0.3) is 0 Å². The molecule has 0 heterocycles. The van der Waals surface area contributed by atoms with Crippen molar-refractivity contribution in [1.29, 1.82) is 0 Å². The number of hydrogen-bond acceptors (Lipinski definition) is 1. The molecule has 0 saturated carbocycles. The van der Waals surface area contributed by atoms with Gasteiger partial charge in [0, 0.05) is 6.10 Å². The van der Waals surface area contributed by atoms with E-state index in [0.717, 1.165) is 13.8 Å². The van der Waals surface area contributed by atoms with Crippen LogP contribution < -0.4 is 16.4 Å². The van der Waals surface area contributed by atoms with E-state index >= 15 is 0 Å². The Balaban J connectivity index is 2.81. The lowest BCUT2D eigenvalue weighted by Gasteiger charge is -2.47. The lowest BCUT2D eigenvalue weighted by molar-refractivity contribution is -0.144. The summed E-state index contributed by atoms with van der Waals surface area (Å²) < 4.78 is 255. The molecule has 0 radical (unpaired) electrons. The Morgan fingerprint density at radius 2 is 0.532 bits per heavy atom. The van der Waals surface area contributed by atoms with Gasteiger partial charge in [-0.1, -0.05) is 36.4 Å². The van der Waals surface area contributed by atoms with Gasteiger partial charge in [0.15, 0.2) is 6.35 Å². The van der Waals surface area contributed by atoms with Crippen molar-refractivity contribution in [2.75, 3.05) is 0 Å². The zero-order valence-electron chi connectivity index (χ0n) is 23.1. The summed E-state index contributed by atoms with van der Waals surface area (Å²) in [6, 6.07) is -3.17. The molecule has 0 aliphatic rings. The molecule has 0 aromatic heterocycles. The summed E-state index contributed by atoms with van der Waals surface area (Å²) in [7, 11) is 0. The Kier molecular flexibility index (Phi) is 9.54. The standard InChI is InChI=1S/C27H16BF18O/c1-12(2)47-28(19-6-13(22(29,30)31)3-14(7-19)23(32,33)34,20-8-15(24(35,36)37)4-16(9-20)25(38,39)40)21-10-17(26(41,42)43)5-18(11-21)27(44,45)46/h3-12H,1-2H3/q-1. The number of rotatable bonds is 5. The number of benzene rings is 3. The second-order valence-electron chi connectivity index (χ2n) is 10.5. The van der Waals surface area contributed by atoms with Crippen molar-refractivity contribution in [1.82, 2.24) is 0 Å². The first-order chi connectivity index (χ1) is 20.9. The van der Waals surface area contributed by atoms with Gasteiger partial charge in [-0.25, -0.2) is 0 Å². The van der Waals surface area contributed by atoms with E-state index in [1.165, 1.54) is 0 Å². The van der Waals surface area contributed by atoms with E-state index in [4.69, 9.17) is 4.65 Å². The molecule has 0 bridgehead atoms. The predicted molar refractivity (Wildman–Crippen MR) is 130 cm³/mol. The van der Waals surface area contributed by atoms with Crippen LogP contribution in [0.2, 0.25) is 0 Å². The van der Waals surface area contributed by atoms with Crippen molar-refractivity contribution in [2.24, 2.45) is 0 Å². The van der Waals surface area contributed by atoms with Crippen molar-refractivity contribution in [3.63, 3.8) is 0 Å². The molecule has 20 heteroatoms. The lowest BCUT2D eigenvalue weighted by Crippen LogP contribution is -2.70. The van der Waals surface area contributed by atoms with E-state index < -0.39 is 117 Å². The Morgan fingerprint density at radius 3 is 0.660 bits per heavy atom. The molecule has 0 spiro atoms. The maximum absolute atomic E-state index is 13.9. The van der Waals surface area contributed by atoms with Gasteiger partial charge in [0.2, 0.25) is 0 Å². The summed E-state index contributed by atoms with van der Waals surface area (Å²) in [6.07, 6.45) is -41.0. The maximum atomic E-state index is 13.9. The van der Waals surface area contributed by atoms with Gasteiger partial charge in [-0.3, -0.25) is 0 Å². The largest absolute Gasteiger partial charge is 0.577 e. The fourth-order valence-electron chi connectivity index (χ4n) is 4.86. The van der Waals surface area contributed by atoms with E-state index in [9.17, 15) is 79.0 Å². The Hall–Kier alpha value is -3.58. The smallest absolute Gasteiger partial charge is 0.416 e. The maximum Gasteiger partial charge on any atom is 0.416 e. The van der Waals surface area contributed by atoms with Crippen molar-refractivity contribution in [3.05, 3.63) is 88.0 Å². The average molecular weight is 709 g/mol. The van der Waals surface area contributed by atoms with Crippen LogP contribution >= 0.6 is 0 Å². The molecule has 0 amide bonds. The van der Waals surface area contributed by atoms with Crippen LogP contribution in [0, 0.1) is 0 Å². The van der Waals surface area contributed by atoms with Crippen LogP contribution in [0.4, 0.5) is 79.0 Å². The summed E-state index contributed by atoms with van der Waals surface area (Å²) in [6.45, 7) is 1.76. The topological polar surface area (TPSA) is 9.23 Å². The van der Waals surface area contributed by atoms with Gasteiger partial charge >= 0.3 is 37.1 Å². The Morgan fingerprint density at radius 1 is 0.362 bits per heavy atom. The van der Waals surface area contributed by atoms with Gasteiger partial charge in [-0.05, 0) is 32.0 Å². The second kappa shape index (κ2) is 11.8. The summed E-state index contributed by atoms with van der Waals surface area (Å²) in [5.41, 5.74) is -18.5. The minimum Gasteiger partial charge on any atom is -0.577 e. The average Bonchev–Trinajstić information content (AvgIpc) is 2.88. The van der Waals surface area contributed by atoms with Crippen molar-refractivity contribution in [2.45, 2.75) is 57.0 Å². The normalized spacial score (nSPS) is 14.2. The summed E-state index contributed by atoms with van der Waals surface area (Å²) >= 11 is 0. The molecule has 47 heavy (non-hydrogen) atoms. The highest BCUT2D eigenvalue weighted by atomic mass is 19.4. The van der Waals surface area contributed by atoms with Crippen molar-refractivity contribution >= 4 is 22.7 Å². The zero-order chi connectivity index (χ0) is 36.3. The van der Waals surface area contributed by atoms with E-state index in [-0.39, 0.29) is 36.4 Å². The Labute approximate surface area is 252 Å². The van der Waals surface area contributed by atoms with Gasteiger partial charge < -0.3 is 4.65 Å². The van der Waals surface area contributed by atoms with Crippen LogP contribution in [0.3, 0.4) is 0 Å². The molecule has 0 N–H and O–H groups in total. The number of halogens is 18. The summed E-state index contributed by atoms with van der Waals surface area (Å²) in [5, 5.41) is 0.